The van der Waals surface area contributed by atoms with Crippen molar-refractivity contribution >= 4 is 5.91 Å². The molecule has 1 aromatic rings. The molecule has 4 nitrogen and oxygen atoms in total. The van der Waals surface area contributed by atoms with Crippen LogP contribution in [0, 0.1) is 11.8 Å². The van der Waals surface area contributed by atoms with Crippen LogP contribution in [-0.4, -0.2) is 22.4 Å². The lowest BCUT2D eigenvalue weighted by molar-refractivity contribution is -0.122. The first-order valence-electron chi connectivity index (χ1n) is 7.11. The van der Waals surface area contributed by atoms with Crippen LogP contribution in [0.3, 0.4) is 0 Å². The molecule has 2 fully saturated rings. The molecular formula is C14H21N3O. The van der Waals surface area contributed by atoms with E-state index in [0.29, 0.717) is 11.8 Å². The maximum Gasteiger partial charge on any atom is 0.223 e. The van der Waals surface area contributed by atoms with Gasteiger partial charge in [0.25, 0.3) is 0 Å². The number of aromatic nitrogens is 2. The van der Waals surface area contributed by atoms with Crippen molar-refractivity contribution in [2.75, 3.05) is 6.54 Å². The number of carbonyl (C=O) groups is 1. The fourth-order valence-corrected chi connectivity index (χ4v) is 3.05. The number of rotatable bonds is 4. The van der Waals surface area contributed by atoms with E-state index in [2.05, 4.69) is 15.3 Å². The first-order valence-corrected chi connectivity index (χ1v) is 7.11. The summed E-state index contributed by atoms with van der Waals surface area (Å²) in [6.45, 7) is 0.878. The van der Waals surface area contributed by atoms with E-state index >= 15 is 0 Å². The Morgan fingerprint density at radius 3 is 2.94 bits per heavy atom. The van der Waals surface area contributed by atoms with Crippen LogP contribution >= 0.6 is 0 Å². The number of carbonyl (C=O) groups excluding carboxylic acids is 1. The van der Waals surface area contributed by atoms with Gasteiger partial charge in [0.05, 0.1) is 12.0 Å². The number of nitrogens with zero attached hydrogens (tertiary/aromatic N) is 1. The number of aromatic amines is 1. The number of hydrogen-bond acceptors (Lipinski definition) is 2. The molecule has 0 aliphatic heterocycles. The van der Waals surface area contributed by atoms with Crippen molar-refractivity contribution in [1.29, 1.82) is 0 Å². The number of hydrogen-bond donors (Lipinski definition) is 2. The van der Waals surface area contributed by atoms with Crippen molar-refractivity contribution in [3.63, 3.8) is 0 Å². The minimum absolute atomic E-state index is 0.164. The Morgan fingerprint density at radius 1 is 1.39 bits per heavy atom. The molecule has 0 radical (unpaired) electrons. The van der Waals surface area contributed by atoms with E-state index < -0.39 is 0 Å². The summed E-state index contributed by atoms with van der Waals surface area (Å²) >= 11 is 0. The zero-order valence-electron chi connectivity index (χ0n) is 10.7. The zero-order valence-corrected chi connectivity index (χ0v) is 10.7. The number of amides is 1. The summed E-state index contributed by atoms with van der Waals surface area (Å²) in [6.07, 6.45) is 11.2. The second-order valence-corrected chi connectivity index (χ2v) is 5.69. The Kier molecular flexibility index (Phi) is 3.35. The molecular weight excluding hydrogens is 226 g/mol. The lowest BCUT2D eigenvalue weighted by Crippen LogP contribution is -2.31. The molecule has 0 saturated heterocycles. The van der Waals surface area contributed by atoms with Gasteiger partial charge in [-0.05, 0) is 25.2 Å². The summed E-state index contributed by atoms with van der Waals surface area (Å²) in [6, 6.07) is 0. The standard InChI is InChI=1S/C14H21N3O/c18-14(16-7-10-4-2-1-3-5-10)12-6-11(12)13-8-15-9-17-13/h8-12H,1-7H2,(H,15,17)(H,16,18)/t11-,12?/m1/s1. The fourth-order valence-electron chi connectivity index (χ4n) is 3.05. The van der Waals surface area contributed by atoms with E-state index in [1.807, 2.05) is 6.20 Å². The van der Waals surface area contributed by atoms with Crippen molar-refractivity contribution in [1.82, 2.24) is 15.3 Å². The molecule has 2 atom stereocenters. The Labute approximate surface area is 108 Å². The third-order valence-electron chi connectivity index (χ3n) is 4.32. The number of imidazole rings is 1. The Hall–Kier alpha value is -1.32. The van der Waals surface area contributed by atoms with Gasteiger partial charge in [0.1, 0.15) is 0 Å². The molecule has 18 heavy (non-hydrogen) atoms. The average molecular weight is 247 g/mol. The van der Waals surface area contributed by atoms with Gasteiger partial charge in [0, 0.05) is 24.6 Å². The molecule has 2 aliphatic rings. The highest BCUT2D eigenvalue weighted by molar-refractivity contribution is 5.82. The molecule has 2 aliphatic carbocycles. The number of H-pyrrole nitrogens is 1. The van der Waals surface area contributed by atoms with E-state index in [1.165, 1.54) is 32.1 Å². The maximum atomic E-state index is 12.0. The van der Waals surface area contributed by atoms with Crippen LogP contribution in [0.1, 0.15) is 50.1 Å². The predicted molar refractivity (Wildman–Crippen MR) is 69.0 cm³/mol. The minimum Gasteiger partial charge on any atom is -0.356 e. The second-order valence-electron chi connectivity index (χ2n) is 5.69. The van der Waals surface area contributed by atoms with Gasteiger partial charge in [-0.25, -0.2) is 4.98 Å². The van der Waals surface area contributed by atoms with E-state index in [0.717, 1.165) is 18.7 Å². The quantitative estimate of drug-likeness (QED) is 0.857. The molecule has 2 N–H and O–H groups in total. The molecule has 0 spiro atoms. The summed E-state index contributed by atoms with van der Waals surface area (Å²) in [5.41, 5.74) is 1.04. The fraction of sp³-hybridized carbons (Fsp3) is 0.714. The van der Waals surface area contributed by atoms with E-state index in [9.17, 15) is 4.79 Å². The SMILES string of the molecule is O=C(NCC1CCCCC1)C1C[C@H]1c1c[nH]cn1. The first-order chi connectivity index (χ1) is 8.84. The van der Waals surface area contributed by atoms with Gasteiger partial charge in [-0.15, -0.1) is 0 Å². The summed E-state index contributed by atoms with van der Waals surface area (Å²) in [7, 11) is 0. The van der Waals surface area contributed by atoms with Crippen LogP contribution in [0.2, 0.25) is 0 Å². The summed E-state index contributed by atoms with van der Waals surface area (Å²) in [4.78, 5) is 19.2. The Balaban J connectivity index is 1.43. The van der Waals surface area contributed by atoms with Crippen molar-refractivity contribution in [3.05, 3.63) is 18.2 Å². The van der Waals surface area contributed by atoms with Crippen molar-refractivity contribution in [2.24, 2.45) is 11.8 Å². The molecule has 2 saturated carbocycles. The van der Waals surface area contributed by atoms with Crippen LogP contribution in [0.4, 0.5) is 0 Å². The van der Waals surface area contributed by atoms with Gasteiger partial charge in [0.15, 0.2) is 0 Å². The highest BCUT2D eigenvalue weighted by Crippen LogP contribution is 2.46. The lowest BCUT2D eigenvalue weighted by atomic mass is 9.89. The van der Waals surface area contributed by atoms with Gasteiger partial charge < -0.3 is 10.3 Å². The minimum atomic E-state index is 0.164. The maximum absolute atomic E-state index is 12.0. The lowest BCUT2D eigenvalue weighted by Gasteiger charge is -2.21. The molecule has 98 valence electrons. The third kappa shape index (κ3) is 2.57. The van der Waals surface area contributed by atoms with Gasteiger partial charge in [0.2, 0.25) is 5.91 Å². The highest BCUT2D eigenvalue weighted by atomic mass is 16.2. The van der Waals surface area contributed by atoms with Gasteiger partial charge >= 0.3 is 0 Å². The molecule has 4 heteroatoms. The first kappa shape index (κ1) is 11.8. The topological polar surface area (TPSA) is 57.8 Å². The molecule has 0 aromatic carbocycles. The predicted octanol–water partition coefficient (Wildman–Crippen LogP) is 2.21. The summed E-state index contributed by atoms with van der Waals surface area (Å²) in [5, 5.41) is 3.13. The van der Waals surface area contributed by atoms with Gasteiger partial charge in [-0.1, -0.05) is 19.3 Å². The van der Waals surface area contributed by atoms with Gasteiger partial charge in [-0.3, -0.25) is 4.79 Å². The second kappa shape index (κ2) is 5.12. The highest BCUT2D eigenvalue weighted by Gasteiger charge is 2.45. The van der Waals surface area contributed by atoms with E-state index in [1.54, 1.807) is 6.33 Å². The zero-order chi connectivity index (χ0) is 12.4. The van der Waals surface area contributed by atoms with Gasteiger partial charge in [-0.2, -0.15) is 0 Å². The van der Waals surface area contributed by atoms with Crippen molar-refractivity contribution in [3.8, 4) is 0 Å². The van der Waals surface area contributed by atoms with Crippen LogP contribution < -0.4 is 5.32 Å². The van der Waals surface area contributed by atoms with Crippen LogP contribution in [0.15, 0.2) is 12.5 Å². The monoisotopic (exact) mass is 247 g/mol. The molecule has 1 amide bonds. The molecule has 1 heterocycles. The normalized spacial score (nSPS) is 28.0. The average Bonchev–Trinajstić information content (AvgIpc) is 3.03. The smallest absolute Gasteiger partial charge is 0.223 e. The van der Waals surface area contributed by atoms with Crippen LogP contribution in [0.5, 0.6) is 0 Å². The molecule has 1 unspecified atom stereocenters. The summed E-state index contributed by atoms with van der Waals surface area (Å²) in [5.74, 6) is 1.46. The largest absolute Gasteiger partial charge is 0.356 e. The number of nitrogens with one attached hydrogen (secondary N) is 2. The van der Waals surface area contributed by atoms with Crippen molar-refractivity contribution < 1.29 is 4.79 Å². The third-order valence-corrected chi connectivity index (χ3v) is 4.32. The van der Waals surface area contributed by atoms with E-state index in [4.69, 9.17) is 0 Å². The van der Waals surface area contributed by atoms with Crippen LogP contribution in [-0.2, 0) is 4.79 Å². The molecule has 0 bridgehead atoms. The van der Waals surface area contributed by atoms with E-state index in [-0.39, 0.29) is 11.8 Å². The van der Waals surface area contributed by atoms with Crippen molar-refractivity contribution in [2.45, 2.75) is 44.4 Å². The summed E-state index contributed by atoms with van der Waals surface area (Å²) < 4.78 is 0. The molecule has 1 aromatic heterocycles. The Morgan fingerprint density at radius 2 is 2.22 bits per heavy atom. The molecule has 3 rings (SSSR count). The van der Waals surface area contributed by atoms with Crippen LogP contribution in [0.25, 0.3) is 0 Å². The Bertz CT molecular complexity index is 395.